The first kappa shape index (κ1) is 15.1. The van der Waals surface area contributed by atoms with Gasteiger partial charge in [0.2, 0.25) is 0 Å². The fourth-order valence-corrected chi connectivity index (χ4v) is 1.99. The van der Waals surface area contributed by atoms with E-state index in [0.29, 0.717) is 5.88 Å². The van der Waals surface area contributed by atoms with Crippen LogP contribution in [0.15, 0.2) is 49.1 Å². The predicted molar refractivity (Wildman–Crippen MR) is 80.4 cm³/mol. The molecule has 2 aromatic rings. The summed E-state index contributed by atoms with van der Waals surface area (Å²) in [5, 5.41) is 1.02. The lowest BCUT2D eigenvalue weighted by Crippen LogP contribution is -1.84. The fraction of sp³-hybridized carbons (Fsp3) is 0.286. The molecule has 0 amide bonds. The van der Waals surface area contributed by atoms with E-state index in [1.54, 1.807) is 6.20 Å². The zero-order chi connectivity index (χ0) is 13.1. The highest BCUT2D eigenvalue weighted by atomic mass is 79.9. The largest absolute Gasteiger partial charge is 0.265 e. The molecule has 0 spiro atoms. The topological polar surface area (TPSA) is 25.8 Å². The van der Waals surface area contributed by atoms with Gasteiger partial charge < -0.3 is 0 Å². The molecule has 0 atom stereocenters. The van der Waals surface area contributed by atoms with E-state index in [0.717, 1.165) is 18.2 Å². The zero-order valence-electron chi connectivity index (χ0n) is 10.1. The molecular formula is C14H16BrClN2. The summed E-state index contributed by atoms with van der Waals surface area (Å²) in [5.74, 6) is 0.672. The van der Waals surface area contributed by atoms with Crippen LogP contribution in [0.3, 0.4) is 0 Å². The van der Waals surface area contributed by atoms with Gasteiger partial charge in [0.15, 0.2) is 0 Å². The monoisotopic (exact) mass is 326 g/mol. The molecule has 0 aliphatic carbocycles. The molecule has 0 radical (unpaired) electrons. The Morgan fingerprint density at radius 2 is 1.72 bits per heavy atom. The molecule has 2 rings (SSSR count). The number of aromatic nitrogens is 2. The van der Waals surface area contributed by atoms with E-state index in [4.69, 9.17) is 11.6 Å². The normalized spacial score (nSPS) is 9.44. The number of halogens is 2. The Morgan fingerprint density at radius 1 is 0.944 bits per heavy atom. The summed E-state index contributed by atoms with van der Waals surface area (Å²) in [6, 6.07) is 8.00. The maximum Gasteiger partial charge on any atom is 0.0300 e. The van der Waals surface area contributed by atoms with Gasteiger partial charge in [0.1, 0.15) is 0 Å². The Kier molecular flexibility index (Phi) is 8.43. The first-order chi connectivity index (χ1) is 8.86. The number of pyridine rings is 2. The summed E-state index contributed by atoms with van der Waals surface area (Å²) in [6.45, 7) is 0. The van der Waals surface area contributed by atoms with Gasteiger partial charge in [-0.2, -0.15) is 0 Å². The van der Waals surface area contributed by atoms with Crippen LogP contribution in [-0.2, 0) is 12.8 Å². The van der Waals surface area contributed by atoms with Gasteiger partial charge in [-0.25, -0.2) is 0 Å². The van der Waals surface area contributed by atoms with E-state index in [9.17, 15) is 0 Å². The number of hydrogen-bond acceptors (Lipinski definition) is 2. The van der Waals surface area contributed by atoms with Gasteiger partial charge in [0.05, 0.1) is 0 Å². The molecule has 0 aliphatic rings. The Hall–Kier alpha value is -0.930. The zero-order valence-corrected chi connectivity index (χ0v) is 12.4. The van der Waals surface area contributed by atoms with Crippen molar-refractivity contribution in [1.82, 2.24) is 9.97 Å². The second-order valence-corrected chi connectivity index (χ2v) is 4.77. The Bertz CT molecular complexity index is 367. The summed E-state index contributed by atoms with van der Waals surface area (Å²) in [4.78, 5) is 7.86. The van der Waals surface area contributed by atoms with Crippen molar-refractivity contribution >= 4 is 27.5 Å². The van der Waals surface area contributed by atoms with Crippen molar-refractivity contribution in [3.8, 4) is 0 Å². The Labute approximate surface area is 122 Å². The summed E-state index contributed by atoms with van der Waals surface area (Å²) < 4.78 is 0. The molecular weight excluding hydrogens is 312 g/mol. The standard InChI is InChI=1S/C7H8BrN.C7H8ClN/c8-4-1-7-2-5-9-6-3-7;8-4-3-7-2-1-5-9-6-7/h2-3,5-6H,1,4H2;1-2,5-6H,3-4H2. The van der Waals surface area contributed by atoms with E-state index in [2.05, 4.69) is 25.9 Å². The van der Waals surface area contributed by atoms with Crippen LogP contribution in [0.5, 0.6) is 0 Å². The predicted octanol–water partition coefficient (Wildman–Crippen LogP) is 3.88. The highest BCUT2D eigenvalue weighted by Crippen LogP contribution is 1.98. The summed E-state index contributed by atoms with van der Waals surface area (Å²) >= 11 is 8.87. The van der Waals surface area contributed by atoms with Crippen LogP contribution in [0.25, 0.3) is 0 Å². The SMILES string of the molecule is BrCCc1ccncc1.ClCCc1cccnc1. The molecule has 4 heteroatoms. The second kappa shape index (κ2) is 10.0. The number of nitrogens with zero attached hydrogens (tertiary/aromatic N) is 2. The summed E-state index contributed by atoms with van der Waals surface area (Å²) in [5.41, 5.74) is 2.54. The number of aryl methyl sites for hydroxylation is 2. The summed E-state index contributed by atoms with van der Waals surface area (Å²) in [7, 11) is 0. The maximum absolute atomic E-state index is 5.51. The molecule has 2 aromatic heterocycles. The smallest absolute Gasteiger partial charge is 0.0300 e. The lowest BCUT2D eigenvalue weighted by molar-refractivity contribution is 1.11. The third kappa shape index (κ3) is 6.72. The molecule has 96 valence electrons. The van der Waals surface area contributed by atoms with Gasteiger partial charge in [-0.3, -0.25) is 9.97 Å². The highest BCUT2D eigenvalue weighted by molar-refractivity contribution is 9.09. The lowest BCUT2D eigenvalue weighted by Gasteiger charge is -1.92. The number of rotatable bonds is 4. The van der Waals surface area contributed by atoms with Gasteiger partial charge in [-0.1, -0.05) is 22.0 Å². The van der Waals surface area contributed by atoms with E-state index in [1.165, 1.54) is 11.1 Å². The minimum absolute atomic E-state index is 0.672. The van der Waals surface area contributed by atoms with Crippen LogP contribution in [0.4, 0.5) is 0 Å². The van der Waals surface area contributed by atoms with Crippen LogP contribution in [-0.4, -0.2) is 21.2 Å². The molecule has 0 aliphatic heterocycles. The van der Waals surface area contributed by atoms with E-state index >= 15 is 0 Å². The van der Waals surface area contributed by atoms with E-state index < -0.39 is 0 Å². The Balaban J connectivity index is 0.000000180. The van der Waals surface area contributed by atoms with Gasteiger partial charge in [-0.15, -0.1) is 11.6 Å². The van der Waals surface area contributed by atoms with Gasteiger partial charge in [0.25, 0.3) is 0 Å². The quantitative estimate of drug-likeness (QED) is 0.796. The number of alkyl halides is 2. The molecule has 18 heavy (non-hydrogen) atoms. The maximum atomic E-state index is 5.51. The molecule has 0 saturated heterocycles. The van der Waals surface area contributed by atoms with Crippen LogP contribution in [0.2, 0.25) is 0 Å². The van der Waals surface area contributed by atoms with Crippen molar-refractivity contribution in [1.29, 1.82) is 0 Å². The van der Waals surface area contributed by atoms with E-state index in [-0.39, 0.29) is 0 Å². The fourth-order valence-electron chi connectivity index (χ4n) is 1.31. The number of hydrogen-bond donors (Lipinski definition) is 0. The van der Waals surface area contributed by atoms with Crippen molar-refractivity contribution in [3.05, 3.63) is 60.2 Å². The minimum Gasteiger partial charge on any atom is -0.265 e. The molecule has 2 nitrogen and oxygen atoms in total. The van der Waals surface area contributed by atoms with Crippen LogP contribution >= 0.6 is 27.5 Å². The lowest BCUT2D eigenvalue weighted by atomic mass is 10.2. The molecule has 0 unspecified atom stereocenters. The first-order valence-electron chi connectivity index (χ1n) is 5.76. The van der Waals surface area contributed by atoms with Crippen molar-refractivity contribution < 1.29 is 0 Å². The van der Waals surface area contributed by atoms with Gasteiger partial charge in [0, 0.05) is 36.0 Å². The third-order valence-corrected chi connectivity index (χ3v) is 2.82. The Morgan fingerprint density at radius 3 is 2.28 bits per heavy atom. The van der Waals surface area contributed by atoms with Gasteiger partial charge >= 0.3 is 0 Å². The molecule has 0 saturated carbocycles. The average Bonchev–Trinajstić information content (AvgIpc) is 2.43. The third-order valence-electron chi connectivity index (χ3n) is 2.24. The van der Waals surface area contributed by atoms with Crippen LogP contribution in [0.1, 0.15) is 11.1 Å². The highest BCUT2D eigenvalue weighted by Gasteiger charge is 1.87. The van der Waals surface area contributed by atoms with Crippen molar-refractivity contribution in [2.45, 2.75) is 12.8 Å². The summed E-state index contributed by atoms with van der Waals surface area (Å²) in [6.07, 6.45) is 9.23. The van der Waals surface area contributed by atoms with Crippen molar-refractivity contribution in [2.75, 3.05) is 11.2 Å². The minimum atomic E-state index is 0.672. The van der Waals surface area contributed by atoms with E-state index in [1.807, 2.05) is 42.9 Å². The average molecular weight is 328 g/mol. The van der Waals surface area contributed by atoms with Crippen molar-refractivity contribution in [3.63, 3.8) is 0 Å². The van der Waals surface area contributed by atoms with Crippen LogP contribution in [0, 0.1) is 0 Å². The van der Waals surface area contributed by atoms with Gasteiger partial charge in [-0.05, 0) is 42.2 Å². The van der Waals surface area contributed by atoms with Crippen LogP contribution < -0.4 is 0 Å². The molecule has 0 bridgehead atoms. The van der Waals surface area contributed by atoms with Crippen molar-refractivity contribution in [2.24, 2.45) is 0 Å². The second-order valence-electron chi connectivity index (χ2n) is 3.59. The molecule has 0 N–H and O–H groups in total. The molecule has 2 heterocycles. The molecule has 0 fully saturated rings. The molecule has 0 aromatic carbocycles. The first-order valence-corrected chi connectivity index (χ1v) is 7.42.